The fraction of sp³-hybridized carbons (Fsp3) is 0.143. The summed E-state index contributed by atoms with van der Waals surface area (Å²) in [4.78, 5) is 0. The van der Waals surface area contributed by atoms with Crippen molar-refractivity contribution in [3.8, 4) is 5.75 Å². The molecule has 0 radical (unpaired) electrons. The van der Waals surface area contributed by atoms with Crippen LogP contribution in [0.4, 0.5) is 0 Å². The second kappa shape index (κ2) is 4.14. The third kappa shape index (κ3) is 1.82. The van der Waals surface area contributed by atoms with Crippen molar-refractivity contribution >= 4 is 5.65 Å². The number of aromatic hydroxyl groups is 1. The highest BCUT2D eigenvalue weighted by atomic mass is 16.3. The number of hydrogen-bond donors (Lipinski definition) is 1. The van der Waals surface area contributed by atoms with E-state index in [9.17, 15) is 5.11 Å². The van der Waals surface area contributed by atoms with Gasteiger partial charge in [-0.05, 0) is 24.6 Å². The molecule has 0 bridgehead atoms. The first kappa shape index (κ1) is 10.8. The number of aryl methyl sites for hydroxylation is 1. The van der Waals surface area contributed by atoms with E-state index in [1.54, 1.807) is 12.1 Å². The largest absolute Gasteiger partial charge is 0.504 e. The SMILES string of the molecule is Cc1ccc(Cc2nnc3c(O)cccn23)cc1. The monoisotopic (exact) mass is 239 g/mol. The van der Waals surface area contributed by atoms with Crippen LogP contribution in [-0.4, -0.2) is 19.7 Å². The van der Waals surface area contributed by atoms with Gasteiger partial charge in [0.05, 0.1) is 0 Å². The zero-order chi connectivity index (χ0) is 12.5. The molecule has 0 amide bonds. The van der Waals surface area contributed by atoms with E-state index < -0.39 is 0 Å². The smallest absolute Gasteiger partial charge is 0.203 e. The Kier molecular flexibility index (Phi) is 2.48. The maximum Gasteiger partial charge on any atom is 0.203 e. The van der Waals surface area contributed by atoms with Crippen LogP contribution in [0.2, 0.25) is 0 Å². The van der Waals surface area contributed by atoms with Crippen molar-refractivity contribution in [2.45, 2.75) is 13.3 Å². The zero-order valence-corrected chi connectivity index (χ0v) is 10.0. The Bertz CT molecular complexity index is 686. The van der Waals surface area contributed by atoms with E-state index in [0.29, 0.717) is 12.1 Å². The van der Waals surface area contributed by atoms with E-state index in [1.807, 2.05) is 10.6 Å². The standard InChI is InChI=1S/C14H13N3O/c1-10-4-6-11(7-5-10)9-13-15-16-14-12(18)3-2-8-17(13)14/h2-8,18H,9H2,1H3. The van der Waals surface area contributed by atoms with Crippen molar-refractivity contribution in [2.75, 3.05) is 0 Å². The van der Waals surface area contributed by atoms with Gasteiger partial charge in [-0.2, -0.15) is 0 Å². The molecule has 0 aliphatic carbocycles. The number of fused-ring (bicyclic) bond motifs is 1. The Morgan fingerprint density at radius 3 is 2.67 bits per heavy atom. The van der Waals surface area contributed by atoms with Gasteiger partial charge >= 0.3 is 0 Å². The number of rotatable bonds is 2. The Labute approximate surface area is 105 Å². The number of aromatic nitrogens is 3. The summed E-state index contributed by atoms with van der Waals surface area (Å²) in [6.45, 7) is 2.06. The highest BCUT2D eigenvalue weighted by molar-refractivity contribution is 5.52. The van der Waals surface area contributed by atoms with Gasteiger partial charge in [0, 0.05) is 12.6 Å². The number of benzene rings is 1. The fourth-order valence-electron chi connectivity index (χ4n) is 1.96. The molecule has 3 rings (SSSR count). The second-order valence-corrected chi connectivity index (χ2v) is 4.37. The molecule has 1 N–H and O–H groups in total. The third-order valence-corrected chi connectivity index (χ3v) is 2.97. The first-order valence-electron chi connectivity index (χ1n) is 5.81. The highest BCUT2D eigenvalue weighted by Crippen LogP contribution is 2.17. The summed E-state index contributed by atoms with van der Waals surface area (Å²) in [5, 5.41) is 17.8. The number of pyridine rings is 1. The summed E-state index contributed by atoms with van der Waals surface area (Å²) in [5.74, 6) is 0.977. The Morgan fingerprint density at radius 1 is 1.11 bits per heavy atom. The number of hydrogen-bond acceptors (Lipinski definition) is 3. The van der Waals surface area contributed by atoms with Crippen LogP contribution >= 0.6 is 0 Å². The minimum absolute atomic E-state index is 0.153. The molecule has 0 spiro atoms. The lowest BCUT2D eigenvalue weighted by atomic mass is 10.1. The molecule has 2 heterocycles. The highest BCUT2D eigenvalue weighted by Gasteiger charge is 2.08. The van der Waals surface area contributed by atoms with Gasteiger partial charge < -0.3 is 5.11 Å². The summed E-state index contributed by atoms with van der Waals surface area (Å²) >= 11 is 0. The molecule has 4 nitrogen and oxygen atoms in total. The van der Waals surface area contributed by atoms with Crippen LogP contribution in [0.15, 0.2) is 42.6 Å². The Morgan fingerprint density at radius 2 is 1.89 bits per heavy atom. The normalized spacial score (nSPS) is 10.9. The quantitative estimate of drug-likeness (QED) is 0.746. The van der Waals surface area contributed by atoms with E-state index in [0.717, 1.165) is 5.82 Å². The van der Waals surface area contributed by atoms with Gasteiger partial charge in [-0.25, -0.2) is 0 Å². The summed E-state index contributed by atoms with van der Waals surface area (Å²) in [6.07, 6.45) is 2.56. The van der Waals surface area contributed by atoms with Gasteiger partial charge in [-0.1, -0.05) is 29.8 Å². The maximum absolute atomic E-state index is 9.66. The zero-order valence-electron chi connectivity index (χ0n) is 10.0. The van der Waals surface area contributed by atoms with Crippen molar-refractivity contribution in [1.82, 2.24) is 14.6 Å². The summed E-state index contributed by atoms with van der Waals surface area (Å²) in [6, 6.07) is 11.7. The van der Waals surface area contributed by atoms with Crippen molar-refractivity contribution in [1.29, 1.82) is 0 Å². The van der Waals surface area contributed by atoms with Crippen LogP contribution in [0.3, 0.4) is 0 Å². The van der Waals surface area contributed by atoms with E-state index in [-0.39, 0.29) is 5.75 Å². The lowest BCUT2D eigenvalue weighted by molar-refractivity contribution is 0.477. The molecular formula is C14H13N3O. The molecule has 0 atom stereocenters. The predicted molar refractivity (Wildman–Crippen MR) is 68.6 cm³/mol. The molecule has 0 saturated heterocycles. The van der Waals surface area contributed by atoms with Crippen molar-refractivity contribution in [3.63, 3.8) is 0 Å². The maximum atomic E-state index is 9.66. The molecule has 0 saturated carbocycles. The van der Waals surface area contributed by atoms with Gasteiger partial charge in [-0.3, -0.25) is 4.40 Å². The Balaban J connectivity index is 2.00. The summed E-state index contributed by atoms with van der Waals surface area (Å²) < 4.78 is 1.81. The first-order chi connectivity index (χ1) is 8.74. The van der Waals surface area contributed by atoms with Gasteiger partial charge in [0.2, 0.25) is 5.65 Å². The summed E-state index contributed by atoms with van der Waals surface area (Å²) in [5.41, 5.74) is 2.92. The lowest BCUT2D eigenvalue weighted by Crippen LogP contribution is -1.96. The van der Waals surface area contributed by atoms with Crippen LogP contribution in [0.25, 0.3) is 5.65 Å². The van der Waals surface area contributed by atoms with Gasteiger partial charge in [0.25, 0.3) is 0 Å². The molecule has 3 aromatic rings. The summed E-state index contributed by atoms with van der Waals surface area (Å²) in [7, 11) is 0. The molecule has 90 valence electrons. The fourth-order valence-corrected chi connectivity index (χ4v) is 1.96. The van der Waals surface area contributed by atoms with E-state index in [1.165, 1.54) is 11.1 Å². The van der Waals surface area contributed by atoms with Crippen molar-refractivity contribution in [2.24, 2.45) is 0 Å². The van der Waals surface area contributed by atoms with Crippen molar-refractivity contribution < 1.29 is 5.11 Å². The van der Waals surface area contributed by atoms with E-state index in [4.69, 9.17) is 0 Å². The molecular weight excluding hydrogens is 226 g/mol. The molecule has 18 heavy (non-hydrogen) atoms. The minimum atomic E-state index is 0.153. The predicted octanol–water partition coefficient (Wildman–Crippen LogP) is 2.33. The average molecular weight is 239 g/mol. The molecule has 4 heteroatoms. The van der Waals surface area contributed by atoms with E-state index in [2.05, 4.69) is 41.4 Å². The van der Waals surface area contributed by atoms with Gasteiger partial charge in [-0.15, -0.1) is 10.2 Å². The van der Waals surface area contributed by atoms with Crippen molar-refractivity contribution in [3.05, 3.63) is 59.5 Å². The Hall–Kier alpha value is -2.36. The molecule has 2 aromatic heterocycles. The molecule has 0 fully saturated rings. The van der Waals surface area contributed by atoms with Crippen LogP contribution in [0.5, 0.6) is 5.75 Å². The first-order valence-corrected chi connectivity index (χ1v) is 5.81. The topological polar surface area (TPSA) is 50.4 Å². The van der Waals surface area contributed by atoms with Crippen LogP contribution in [0, 0.1) is 6.92 Å². The van der Waals surface area contributed by atoms with Crippen LogP contribution < -0.4 is 0 Å². The third-order valence-electron chi connectivity index (χ3n) is 2.97. The molecule has 0 aliphatic rings. The molecule has 1 aromatic carbocycles. The van der Waals surface area contributed by atoms with E-state index >= 15 is 0 Å². The van der Waals surface area contributed by atoms with Crippen LogP contribution in [-0.2, 0) is 6.42 Å². The second-order valence-electron chi connectivity index (χ2n) is 4.37. The average Bonchev–Trinajstić information content (AvgIpc) is 2.77. The molecule has 0 unspecified atom stereocenters. The lowest BCUT2D eigenvalue weighted by Gasteiger charge is -2.01. The van der Waals surface area contributed by atoms with Gasteiger partial charge in [0.1, 0.15) is 5.82 Å². The number of nitrogens with zero attached hydrogens (tertiary/aromatic N) is 3. The molecule has 0 aliphatic heterocycles. The van der Waals surface area contributed by atoms with Crippen LogP contribution in [0.1, 0.15) is 17.0 Å². The van der Waals surface area contributed by atoms with Gasteiger partial charge in [0.15, 0.2) is 5.75 Å². The minimum Gasteiger partial charge on any atom is -0.504 e.